The Bertz CT molecular complexity index is 310. The van der Waals surface area contributed by atoms with Crippen LogP contribution in [0.15, 0.2) is 10.5 Å². The first kappa shape index (κ1) is 9.19. The predicted octanol–water partition coefficient (Wildman–Crippen LogP) is 2.18. The highest BCUT2D eigenvalue weighted by atomic mass is 79.9. The topological polar surface area (TPSA) is 49.7 Å². The number of rotatable bonds is 1. The summed E-state index contributed by atoms with van der Waals surface area (Å²) in [4.78, 5) is 0. The van der Waals surface area contributed by atoms with Gasteiger partial charge >= 0.3 is 0 Å². The van der Waals surface area contributed by atoms with E-state index in [1.54, 1.807) is 13.0 Å². The molecule has 12 heavy (non-hydrogen) atoms. The maximum absolute atomic E-state index is 9.32. The molecule has 0 bridgehead atoms. The lowest BCUT2D eigenvalue weighted by molar-refractivity contribution is 0.349. The van der Waals surface area contributed by atoms with Crippen molar-refractivity contribution >= 4 is 15.9 Å². The fourth-order valence-electron chi connectivity index (χ4n) is 0.891. The van der Waals surface area contributed by atoms with Crippen LogP contribution in [-0.2, 0) is 0 Å². The van der Waals surface area contributed by atoms with E-state index in [1.807, 2.05) is 0 Å². The molecule has 0 radical (unpaired) electrons. The largest absolute Gasteiger partial charge is 0.503 e. The van der Waals surface area contributed by atoms with Gasteiger partial charge in [-0.25, -0.2) is 0 Å². The van der Waals surface area contributed by atoms with E-state index in [9.17, 15) is 10.2 Å². The van der Waals surface area contributed by atoms with Gasteiger partial charge in [-0.05, 0) is 34.5 Å². The zero-order valence-electron chi connectivity index (χ0n) is 6.76. The molecule has 3 nitrogen and oxygen atoms in total. The van der Waals surface area contributed by atoms with E-state index in [4.69, 9.17) is 4.74 Å². The normalized spacial score (nSPS) is 9.92. The Morgan fingerprint density at radius 3 is 2.42 bits per heavy atom. The molecule has 0 aliphatic heterocycles. The number of halogens is 1. The Balaban J connectivity index is 3.39. The van der Waals surface area contributed by atoms with Crippen molar-refractivity contribution in [2.75, 3.05) is 7.11 Å². The van der Waals surface area contributed by atoms with Gasteiger partial charge in [0.15, 0.2) is 11.5 Å². The third-order valence-corrected chi connectivity index (χ3v) is 2.58. The molecular weight excluding hydrogens is 224 g/mol. The number of aryl methyl sites for hydroxylation is 1. The Morgan fingerprint density at radius 1 is 1.33 bits per heavy atom. The van der Waals surface area contributed by atoms with E-state index >= 15 is 0 Å². The summed E-state index contributed by atoms with van der Waals surface area (Å²) in [5.74, 6) is -0.157. The first-order valence-corrected chi connectivity index (χ1v) is 4.12. The predicted molar refractivity (Wildman–Crippen MR) is 48.8 cm³/mol. The molecule has 0 saturated heterocycles. The molecule has 0 amide bonds. The molecule has 0 aliphatic rings. The molecule has 0 heterocycles. The smallest absolute Gasteiger partial charge is 0.201 e. The van der Waals surface area contributed by atoms with Crippen LogP contribution in [0.1, 0.15) is 5.56 Å². The van der Waals surface area contributed by atoms with Crippen molar-refractivity contribution in [2.24, 2.45) is 0 Å². The number of methoxy groups -OCH3 is 1. The average molecular weight is 233 g/mol. The van der Waals surface area contributed by atoms with Gasteiger partial charge in [0.25, 0.3) is 0 Å². The summed E-state index contributed by atoms with van der Waals surface area (Å²) in [6.07, 6.45) is 0. The van der Waals surface area contributed by atoms with Crippen molar-refractivity contribution in [3.63, 3.8) is 0 Å². The number of hydrogen-bond acceptors (Lipinski definition) is 3. The molecule has 0 atom stereocenters. The van der Waals surface area contributed by atoms with E-state index < -0.39 is 0 Å². The Morgan fingerprint density at radius 2 is 1.92 bits per heavy atom. The monoisotopic (exact) mass is 232 g/mol. The van der Waals surface area contributed by atoms with Gasteiger partial charge in [-0.2, -0.15) is 0 Å². The standard InChI is InChI=1S/C8H9BrO3/c1-4-3-5(12-2)7(10)8(11)6(4)9/h3,10-11H,1-2H3. The zero-order chi connectivity index (χ0) is 9.30. The first-order chi connectivity index (χ1) is 5.57. The minimum absolute atomic E-state index is 0.188. The summed E-state index contributed by atoms with van der Waals surface area (Å²) >= 11 is 3.13. The lowest BCUT2D eigenvalue weighted by Gasteiger charge is -2.08. The van der Waals surface area contributed by atoms with Gasteiger partial charge in [0, 0.05) is 0 Å². The molecule has 0 saturated carbocycles. The summed E-state index contributed by atoms with van der Waals surface area (Å²) in [5, 5.41) is 18.6. The second kappa shape index (κ2) is 3.23. The van der Waals surface area contributed by atoms with E-state index in [0.717, 1.165) is 5.56 Å². The lowest BCUT2D eigenvalue weighted by atomic mass is 10.2. The van der Waals surface area contributed by atoms with Gasteiger partial charge in [0.1, 0.15) is 0 Å². The van der Waals surface area contributed by atoms with Crippen LogP contribution in [0.25, 0.3) is 0 Å². The van der Waals surface area contributed by atoms with Crippen LogP contribution in [0.2, 0.25) is 0 Å². The number of aromatic hydroxyl groups is 2. The van der Waals surface area contributed by atoms with E-state index in [1.165, 1.54) is 7.11 Å². The van der Waals surface area contributed by atoms with Crippen molar-refractivity contribution in [1.82, 2.24) is 0 Å². The molecule has 4 heteroatoms. The number of phenols is 2. The van der Waals surface area contributed by atoms with Crippen LogP contribution in [0, 0.1) is 6.92 Å². The van der Waals surface area contributed by atoms with Crippen molar-refractivity contribution in [3.8, 4) is 17.2 Å². The lowest BCUT2D eigenvalue weighted by Crippen LogP contribution is -1.86. The summed E-state index contributed by atoms with van der Waals surface area (Å²) < 4.78 is 5.32. The van der Waals surface area contributed by atoms with E-state index in [0.29, 0.717) is 4.47 Å². The molecule has 1 rings (SSSR count). The van der Waals surface area contributed by atoms with Gasteiger partial charge in [-0.1, -0.05) is 0 Å². The van der Waals surface area contributed by atoms with Crippen LogP contribution in [0.5, 0.6) is 17.2 Å². The minimum Gasteiger partial charge on any atom is -0.503 e. The Kier molecular flexibility index (Phi) is 2.47. The molecule has 0 spiro atoms. The van der Waals surface area contributed by atoms with Crippen LogP contribution < -0.4 is 4.74 Å². The second-order valence-corrected chi connectivity index (χ2v) is 3.20. The van der Waals surface area contributed by atoms with Crippen molar-refractivity contribution in [2.45, 2.75) is 6.92 Å². The van der Waals surface area contributed by atoms with Gasteiger partial charge in [0.2, 0.25) is 5.75 Å². The highest BCUT2D eigenvalue weighted by Crippen LogP contribution is 2.42. The summed E-state index contributed by atoms with van der Waals surface area (Å²) in [6.45, 7) is 1.80. The fraction of sp³-hybridized carbons (Fsp3) is 0.250. The van der Waals surface area contributed by atoms with Crippen molar-refractivity contribution < 1.29 is 14.9 Å². The van der Waals surface area contributed by atoms with Gasteiger partial charge < -0.3 is 14.9 Å². The molecule has 1 aromatic rings. The van der Waals surface area contributed by atoms with Crippen LogP contribution >= 0.6 is 15.9 Å². The molecule has 66 valence electrons. The minimum atomic E-state index is -0.241. The third-order valence-electron chi connectivity index (χ3n) is 1.58. The highest BCUT2D eigenvalue weighted by molar-refractivity contribution is 9.10. The molecular formula is C8H9BrO3. The average Bonchev–Trinajstić information content (AvgIpc) is 2.08. The van der Waals surface area contributed by atoms with Gasteiger partial charge in [0.05, 0.1) is 11.6 Å². The van der Waals surface area contributed by atoms with Gasteiger partial charge in [-0.15, -0.1) is 0 Å². The summed E-state index contributed by atoms with van der Waals surface area (Å²) in [5.41, 5.74) is 0.808. The van der Waals surface area contributed by atoms with Crippen LogP contribution in [0.3, 0.4) is 0 Å². The van der Waals surface area contributed by atoms with Crippen LogP contribution in [0.4, 0.5) is 0 Å². The summed E-state index contributed by atoms with van der Waals surface area (Å²) in [7, 11) is 1.43. The SMILES string of the molecule is COc1cc(C)c(Br)c(O)c1O. The molecule has 1 aromatic carbocycles. The fourth-order valence-corrected chi connectivity index (χ4v) is 1.19. The quantitative estimate of drug-likeness (QED) is 0.731. The molecule has 0 aromatic heterocycles. The first-order valence-electron chi connectivity index (χ1n) is 3.33. The van der Waals surface area contributed by atoms with E-state index in [-0.39, 0.29) is 17.2 Å². The van der Waals surface area contributed by atoms with Crippen molar-refractivity contribution in [3.05, 3.63) is 16.1 Å². The highest BCUT2D eigenvalue weighted by Gasteiger charge is 2.12. The second-order valence-electron chi connectivity index (χ2n) is 2.41. The van der Waals surface area contributed by atoms with E-state index in [2.05, 4.69) is 15.9 Å². The molecule has 0 fully saturated rings. The molecule has 2 N–H and O–H groups in total. The van der Waals surface area contributed by atoms with Crippen LogP contribution in [-0.4, -0.2) is 17.3 Å². The van der Waals surface area contributed by atoms with Gasteiger partial charge in [-0.3, -0.25) is 0 Å². The number of hydrogen-bond donors (Lipinski definition) is 2. The maximum atomic E-state index is 9.32. The maximum Gasteiger partial charge on any atom is 0.201 e. The number of benzene rings is 1. The number of ether oxygens (including phenoxy) is 1. The molecule has 0 unspecified atom stereocenters. The molecule has 0 aliphatic carbocycles. The Labute approximate surface area is 78.7 Å². The van der Waals surface area contributed by atoms with Crippen molar-refractivity contribution in [1.29, 1.82) is 0 Å². The Hall–Kier alpha value is -0.900. The zero-order valence-corrected chi connectivity index (χ0v) is 8.34. The summed E-state index contributed by atoms with van der Waals surface area (Å²) in [6, 6.07) is 1.64. The third kappa shape index (κ3) is 1.34. The number of phenolic OH excluding ortho intramolecular Hbond substituents is 2.